The number of phenols is 1. The van der Waals surface area contributed by atoms with Gasteiger partial charge >= 0.3 is 0 Å². The summed E-state index contributed by atoms with van der Waals surface area (Å²) in [6, 6.07) is 5.09. The van der Waals surface area contributed by atoms with Crippen LogP contribution in [0.4, 0.5) is 10.1 Å². The third kappa shape index (κ3) is 2.65. The Labute approximate surface area is 105 Å². The molecule has 0 fully saturated rings. The number of H-pyrrole nitrogens is 1. The topological polar surface area (TPSA) is 65.1 Å². The predicted molar refractivity (Wildman–Crippen MR) is 64.5 cm³/mol. The molecule has 0 spiro atoms. The zero-order valence-corrected chi connectivity index (χ0v) is 10.1. The first-order valence-electron chi connectivity index (χ1n) is 4.70. The number of aromatic amines is 1. The molecular weight excluding hydrogens is 291 g/mol. The van der Waals surface area contributed by atoms with Crippen molar-refractivity contribution in [1.82, 2.24) is 4.98 Å². The molecule has 0 bridgehead atoms. The molecule has 2 rings (SSSR count). The molecule has 3 N–H and O–H groups in total. The number of nitrogens with one attached hydrogen (secondary N) is 2. The number of aromatic hydroxyl groups is 1. The molecule has 0 atom stereocenters. The van der Waals surface area contributed by atoms with Gasteiger partial charge in [-0.2, -0.15) is 0 Å². The van der Waals surface area contributed by atoms with Crippen molar-refractivity contribution in [2.45, 2.75) is 0 Å². The van der Waals surface area contributed by atoms with Gasteiger partial charge in [-0.3, -0.25) is 4.79 Å². The second kappa shape index (κ2) is 4.58. The quantitative estimate of drug-likeness (QED) is 0.747. The predicted octanol–water partition coefficient (Wildman–Crippen LogP) is 2.87. The average Bonchev–Trinajstić information content (AvgIpc) is 2.69. The summed E-state index contributed by atoms with van der Waals surface area (Å²) in [4.78, 5) is 14.4. The van der Waals surface area contributed by atoms with E-state index in [1.807, 2.05) is 0 Å². The molecule has 0 aliphatic carbocycles. The summed E-state index contributed by atoms with van der Waals surface area (Å²) in [6.45, 7) is 0. The molecule has 0 saturated heterocycles. The van der Waals surface area contributed by atoms with E-state index in [0.29, 0.717) is 5.69 Å². The fourth-order valence-electron chi connectivity index (χ4n) is 1.29. The first-order chi connectivity index (χ1) is 8.06. The van der Waals surface area contributed by atoms with Gasteiger partial charge in [0.25, 0.3) is 5.91 Å². The van der Waals surface area contributed by atoms with Gasteiger partial charge in [0.05, 0.1) is 5.69 Å². The molecule has 6 heteroatoms. The second-order valence-corrected chi connectivity index (χ2v) is 4.27. The number of hydrogen-bond donors (Lipinski definition) is 3. The van der Waals surface area contributed by atoms with E-state index in [9.17, 15) is 9.18 Å². The van der Waals surface area contributed by atoms with Crippen LogP contribution in [0.25, 0.3) is 0 Å². The summed E-state index contributed by atoms with van der Waals surface area (Å²) in [7, 11) is 0. The minimum atomic E-state index is -0.691. The van der Waals surface area contributed by atoms with Crippen molar-refractivity contribution in [3.8, 4) is 5.75 Å². The highest BCUT2D eigenvalue weighted by atomic mass is 79.9. The van der Waals surface area contributed by atoms with Gasteiger partial charge in [-0.05, 0) is 34.1 Å². The lowest BCUT2D eigenvalue weighted by Crippen LogP contribution is -2.13. The summed E-state index contributed by atoms with van der Waals surface area (Å²) in [5, 5.41) is 11.4. The molecule has 17 heavy (non-hydrogen) atoms. The molecule has 0 unspecified atom stereocenters. The molecular formula is C11H8BrFN2O2. The minimum absolute atomic E-state index is 0.0125. The van der Waals surface area contributed by atoms with Gasteiger partial charge in [-0.25, -0.2) is 4.39 Å². The molecule has 1 amide bonds. The molecule has 2 aromatic rings. The van der Waals surface area contributed by atoms with E-state index >= 15 is 0 Å². The standard InChI is InChI=1S/C11H8BrFN2O2/c12-6-3-10(14-5-6)11(17)15-9-2-1-7(16)4-8(9)13/h1-5,14,16H,(H,15,17). The lowest BCUT2D eigenvalue weighted by molar-refractivity contribution is 0.102. The highest BCUT2D eigenvalue weighted by Gasteiger charge is 2.11. The van der Waals surface area contributed by atoms with Crippen molar-refractivity contribution in [1.29, 1.82) is 0 Å². The van der Waals surface area contributed by atoms with E-state index in [4.69, 9.17) is 5.11 Å². The molecule has 0 aliphatic rings. The number of anilines is 1. The molecule has 88 valence electrons. The van der Waals surface area contributed by atoms with Crippen molar-refractivity contribution in [2.24, 2.45) is 0 Å². The Morgan fingerprint density at radius 2 is 2.18 bits per heavy atom. The first kappa shape index (κ1) is 11.7. The number of carbonyl (C=O) groups excluding carboxylic acids is 1. The number of rotatable bonds is 2. The van der Waals surface area contributed by atoms with Crippen molar-refractivity contribution >= 4 is 27.5 Å². The van der Waals surface area contributed by atoms with Crippen LogP contribution in [0.2, 0.25) is 0 Å². The number of halogens is 2. The van der Waals surface area contributed by atoms with Gasteiger partial charge in [0, 0.05) is 16.7 Å². The second-order valence-electron chi connectivity index (χ2n) is 3.35. The summed E-state index contributed by atoms with van der Waals surface area (Å²) < 4.78 is 14.1. The molecule has 0 radical (unpaired) electrons. The lowest BCUT2D eigenvalue weighted by Gasteiger charge is -2.05. The van der Waals surface area contributed by atoms with Gasteiger partial charge < -0.3 is 15.4 Å². The van der Waals surface area contributed by atoms with Crippen LogP contribution in [0.1, 0.15) is 10.5 Å². The number of amides is 1. The van der Waals surface area contributed by atoms with E-state index in [0.717, 1.165) is 10.5 Å². The number of hydrogen-bond acceptors (Lipinski definition) is 2. The maximum absolute atomic E-state index is 13.3. The Balaban J connectivity index is 2.18. The van der Waals surface area contributed by atoms with Crippen LogP contribution < -0.4 is 5.32 Å². The van der Waals surface area contributed by atoms with Crippen LogP contribution >= 0.6 is 15.9 Å². The lowest BCUT2D eigenvalue weighted by atomic mass is 10.2. The normalized spacial score (nSPS) is 10.2. The van der Waals surface area contributed by atoms with Crippen LogP contribution in [-0.2, 0) is 0 Å². The number of benzene rings is 1. The molecule has 0 aliphatic heterocycles. The highest BCUT2D eigenvalue weighted by molar-refractivity contribution is 9.10. The number of aromatic nitrogens is 1. The Morgan fingerprint density at radius 3 is 2.76 bits per heavy atom. The Bertz CT molecular complexity index is 568. The van der Waals surface area contributed by atoms with Gasteiger partial charge in [0.2, 0.25) is 0 Å². The summed E-state index contributed by atoms with van der Waals surface area (Å²) in [5.74, 6) is -1.34. The largest absolute Gasteiger partial charge is 0.508 e. The van der Waals surface area contributed by atoms with E-state index < -0.39 is 11.7 Å². The van der Waals surface area contributed by atoms with Crippen LogP contribution in [0.5, 0.6) is 5.75 Å². The molecule has 1 aromatic heterocycles. The van der Waals surface area contributed by atoms with Crippen LogP contribution in [0.3, 0.4) is 0 Å². The molecule has 1 heterocycles. The molecule has 0 saturated carbocycles. The number of carbonyl (C=O) groups is 1. The molecule has 4 nitrogen and oxygen atoms in total. The third-order valence-corrected chi connectivity index (χ3v) is 2.55. The monoisotopic (exact) mass is 298 g/mol. The Morgan fingerprint density at radius 1 is 1.41 bits per heavy atom. The van der Waals surface area contributed by atoms with Crippen molar-refractivity contribution in [3.05, 3.63) is 46.4 Å². The Hall–Kier alpha value is -1.82. The van der Waals surface area contributed by atoms with E-state index in [1.54, 1.807) is 12.3 Å². The summed E-state index contributed by atoms with van der Waals surface area (Å²) in [6.07, 6.45) is 1.60. The summed E-state index contributed by atoms with van der Waals surface area (Å²) >= 11 is 3.19. The van der Waals surface area contributed by atoms with E-state index in [-0.39, 0.29) is 11.4 Å². The highest BCUT2D eigenvalue weighted by Crippen LogP contribution is 2.20. The Kier molecular flexibility index (Phi) is 3.14. The van der Waals surface area contributed by atoms with Crippen molar-refractivity contribution in [3.63, 3.8) is 0 Å². The zero-order chi connectivity index (χ0) is 12.4. The van der Waals surface area contributed by atoms with Gasteiger partial charge in [-0.15, -0.1) is 0 Å². The van der Waals surface area contributed by atoms with Gasteiger partial charge in [-0.1, -0.05) is 0 Å². The van der Waals surface area contributed by atoms with Gasteiger partial charge in [0.1, 0.15) is 17.3 Å². The maximum Gasteiger partial charge on any atom is 0.272 e. The zero-order valence-electron chi connectivity index (χ0n) is 8.50. The van der Waals surface area contributed by atoms with Crippen LogP contribution in [0, 0.1) is 5.82 Å². The van der Waals surface area contributed by atoms with Crippen molar-refractivity contribution < 1.29 is 14.3 Å². The average molecular weight is 299 g/mol. The van der Waals surface area contributed by atoms with E-state index in [1.165, 1.54) is 12.1 Å². The molecule has 1 aromatic carbocycles. The van der Waals surface area contributed by atoms with E-state index in [2.05, 4.69) is 26.2 Å². The fourth-order valence-corrected chi connectivity index (χ4v) is 1.64. The third-order valence-electron chi connectivity index (χ3n) is 2.09. The summed E-state index contributed by atoms with van der Waals surface area (Å²) in [5.41, 5.74) is 0.322. The van der Waals surface area contributed by atoms with Crippen LogP contribution in [-0.4, -0.2) is 16.0 Å². The SMILES string of the molecule is O=C(Nc1ccc(O)cc1F)c1cc(Br)c[nH]1. The first-order valence-corrected chi connectivity index (χ1v) is 5.49. The minimum Gasteiger partial charge on any atom is -0.508 e. The smallest absolute Gasteiger partial charge is 0.272 e. The van der Waals surface area contributed by atoms with Crippen molar-refractivity contribution in [2.75, 3.05) is 5.32 Å². The number of phenolic OH excluding ortho intramolecular Hbond substituents is 1. The van der Waals surface area contributed by atoms with Gasteiger partial charge in [0.15, 0.2) is 0 Å². The maximum atomic E-state index is 13.3. The van der Waals surface area contributed by atoms with Crippen LogP contribution in [0.15, 0.2) is 34.9 Å². The fraction of sp³-hybridized carbons (Fsp3) is 0.